The summed E-state index contributed by atoms with van der Waals surface area (Å²) in [6.45, 7) is 0. The maximum atomic E-state index is 10.1. The van der Waals surface area contributed by atoms with Gasteiger partial charge in [0.2, 0.25) is 0 Å². The summed E-state index contributed by atoms with van der Waals surface area (Å²) in [5, 5.41) is 10.1. The summed E-state index contributed by atoms with van der Waals surface area (Å²) in [5.74, 6) is 0.847. The first-order valence-electron chi connectivity index (χ1n) is 5.77. The van der Waals surface area contributed by atoms with Crippen LogP contribution in [0.25, 0.3) is 11.4 Å². The van der Waals surface area contributed by atoms with Crippen molar-refractivity contribution in [1.82, 2.24) is 9.55 Å². The first-order chi connectivity index (χ1) is 8.27. The number of halogens is 1. The van der Waals surface area contributed by atoms with Crippen molar-refractivity contribution >= 4 is 15.9 Å². The number of nitrogens with zero attached hydrogens (tertiary/aromatic N) is 2. The molecule has 3 nitrogen and oxygen atoms in total. The van der Waals surface area contributed by atoms with E-state index in [-0.39, 0.29) is 0 Å². The Kier molecular flexibility index (Phi) is 2.76. The fraction of sp³-hybridized carbons (Fsp3) is 0.308. The number of benzene rings is 1. The molecule has 1 aromatic heterocycles. The zero-order valence-electron chi connectivity index (χ0n) is 9.31. The highest BCUT2D eigenvalue weighted by molar-refractivity contribution is 9.10. The van der Waals surface area contributed by atoms with Gasteiger partial charge in [0.25, 0.3) is 0 Å². The number of hydrogen-bond donors (Lipinski definition) is 1. The van der Waals surface area contributed by atoms with E-state index in [1.807, 2.05) is 34.9 Å². The molecule has 1 unspecified atom stereocenters. The Labute approximate surface area is 108 Å². The Balaban J connectivity index is 2.18. The molecule has 17 heavy (non-hydrogen) atoms. The van der Waals surface area contributed by atoms with Gasteiger partial charge in [-0.15, -0.1) is 0 Å². The standard InChI is InChI=1S/C13H13BrN2O/c14-12-10-7-4-8-11(17)16(10)13(15-12)9-5-2-1-3-6-9/h1-3,5-6,11,17H,4,7-8H2. The van der Waals surface area contributed by atoms with E-state index in [0.29, 0.717) is 0 Å². The number of rotatable bonds is 1. The van der Waals surface area contributed by atoms with Crippen molar-refractivity contribution in [2.45, 2.75) is 25.5 Å². The summed E-state index contributed by atoms with van der Waals surface area (Å²) < 4.78 is 2.80. The molecule has 2 aromatic rings. The van der Waals surface area contributed by atoms with Crippen molar-refractivity contribution in [3.8, 4) is 11.4 Å². The molecule has 3 rings (SSSR count). The summed E-state index contributed by atoms with van der Waals surface area (Å²) in [5.41, 5.74) is 2.14. The van der Waals surface area contributed by atoms with E-state index >= 15 is 0 Å². The fourth-order valence-corrected chi connectivity index (χ4v) is 2.91. The van der Waals surface area contributed by atoms with Crippen LogP contribution in [-0.2, 0) is 6.42 Å². The summed E-state index contributed by atoms with van der Waals surface area (Å²) in [6.07, 6.45) is 2.33. The second-order valence-electron chi connectivity index (χ2n) is 4.28. The van der Waals surface area contributed by atoms with Crippen molar-refractivity contribution in [2.24, 2.45) is 0 Å². The average Bonchev–Trinajstić information content (AvgIpc) is 2.70. The molecule has 0 aliphatic carbocycles. The van der Waals surface area contributed by atoms with E-state index in [9.17, 15) is 5.11 Å². The predicted octanol–water partition coefficient (Wildman–Crippen LogP) is 3.14. The number of aliphatic hydroxyl groups is 1. The second kappa shape index (κ2) is 4.27. The Morgan fingerprint density at radius 1 is 1.29 bits per heavy atom. The van der Waals surface area contributed by atoms with E-state index in [2.05, 4.69) is 20.9 Å². The molecule has 0 spiro atoms. The molecule has 1 N–H and O–H groups in total. The van der Waals surface area contributed by atoms with Crippen LogP contribution in [0.5, 0.6) is 0 Å². The average molecular weight is 293 g/mol. The predicted molar refractivity (Wildman–Crippen MR) is 69.6 cm³/mol. The van der Waals surface area contributed by atoms with Gasteiger partial charge < -0.3 is 9.67 Å². The van der Waals surface area contributed by atoms with Gasteiger partial charge >= 0.3 is 0 Å². The Morgan fingerprint density at radius 3 is 2.82 bits per heavy atom. The van der Waals surface area contributed by atoms with Gasteiger partial charge in [0, 0.05) is 5.56 Å². The van der Waals surface area contributed by atoms with E-state index in [0.717, 1.165) is 40.9 Å². The molecule has 0 amide bonds. The van der Waals surface area contributed by atoms with Crippen molar-refractivity contribution in [1.29, 1.82) is 0 Å². The topological polar surface area (TPSA) is 38.1 Å². The molecule has 0 bridgehead atoms. The summed E-state index contributed by atoms with van der Waals surface area (Å²) in [6, 6.07) is 9.99. The molecular weight excluding hydrogens is 280 g/mol. The number of aliphatic hydroxyl groups excluding tert-OH is 1. The van der Waals surface area contributed by atoms with Crippen LogP contribution >= 0.6 is 15.9 Å². The van der Waals surface area contributed by atoms with Crippen LogP contribution < -0.4 is 0 Å². The number of fused-ring (bicyclic) bond motifs is 1. The van der Waals surface area contributed by atoms with Crippen molar-refractivity contribution in [2.75, 3.05) is 0 Å². The molecule has 4 heteroatoms. The molecule has 0 fully saturated rings. The zero-order valence-corrected chi connectivity index (χ0v) is 10.9. The summed E-state index contributed by atoms with van der Waals surface area (Å²) in [7, 11) is 0. The van der Waals surface area contributed by atoms with E-state index < -0.39 is 6.23 Å². The molecule has 1 atom stereocenters. The first kappa shape index (κ1) is 11.0. The Hall–Kier alpha value is -1.13. The summed E-state index contributed by atoms with van der Waals surface area (Å²) in [4.78, 5) is 4.53. The van der Waals surface area contributed by atoms with Crippen molar-refractivity contribution < 1.29 is 5.11 Å². The van der Waals surface area contributed by atoms with Gasteiger partial charge in [-0.05, 0) is 35.2 Å². The van der Waals surface area contributed by atoms with Gasteiger partial charge in [-0.3, -0.25) is 0 Å². The minimum Gasteiger partial charge on any atom is -0.373 e. The SMILES string of the molecule is OC1CCCc2c(Br)nc(-c3ccccc3)n21. The molecule has 1 aromatic carbocycles. The van der Waals surface area contributed by atoms with Gasteiger partial charge in [0.1, 0.15) is 16.7 Å². The van der Waals surface area contributed by atoms with E-state index in [1.165, 1.54) is 0 Å². The smallest absolute Gasteiger partial charge is 0.143 e. The van der Waals surface area contributed by atoms with E-state index in [4.69, 9.17) is 0 Å². The van der Waals surface area contributed by atoms with Gasteiger partial charge in [0.15, 0.2) is 0 Å². The monoisotopic (exact) mass is 292 g/mol. The molecule has 0 saturated heterocycles. The summed E-state index contributed by atoms with van der Waals surface area (Å²) >= 11 is 3.48. The van der Waals surface area contributed by atoms with Gasteiger partial charge in [-0.25, -0.2) is 4.98 Å². The minimum absolute atomic E-state index is 0.451. The third-order valence-corrected chi connectivity index (χ3v) is 3.80. The number of imidazole rings is 1. The van der Waals surface area contributed by atoms with Gasteiger partial charge in [-0.2, -0.15) is 0 Å². The van der Waals surface area contributed by atoms with Gasteiger partial charge in [0.05, 0.1) is 5.69 Å². The highest BCUT2D eigenvalue weighted by Crippen LogP contribution is 2.34. The van der Waals surface area contributed by atoms with Crippen LogP contribution in [0, 0.1) is 0 Å². The maximum absolute atomic E-state index is 10.1. The first-order valence-corrected chi connectivity index (χ1v) is 6.57. The largest absolute Gasteiger partial charge is 0.373 e. The lowest BCUT2D eigenvalue weighted by molar-refractivity contribution is 0.0805. The normalized spacial score (nSPS) is 19.1. The molecule has 1 aliphatic rings. The van der Waals surface area contributed by atoms with Crippen LogP contribution in [0.2, 0.25) is 0 Å². The number of aromatic nitrogens is 2. The second-order valence-corrected chi connectivity index (χ2v) is 5.03. The van der Waals surface area contributed by atoms with Crippen LogP contribution in [0.15, 0.2) is 34.9 Å². The van der Waals surface area contributed by atoms with Crippen LogP contribution in [0.3, 0.4) is 0 Å². The third-order valence-electron chi connectivity index (χ3n) is 3.17. The molecule has 0 radical (unpaired) electrons. The maximum Gasteiger partial charge on any atom is 0.143 e. The lowest BCUT2D eigenvalue weighted by atomic mass is 10.1. The highest BCUT2D eigenvalue weighted by Gasteiger charge is 2.24. The van der Waals surface area contributed by atoms with Crippen LogP contribution in [0.4, 0.5) is 0 Å². The Morgan fingerprint density at radius 2 is 2.06 bits per heavy atom. The van der Waals surface area contributed by atoms with Crippen LogP contribution in [0.1, 0.15) is 24.8 Å². The Bertz CT molecular complexity index is 536. The van der Waals surface area contributed by atoms with Crippen LogP contribution in [-0.4, -0.2) is 14.7 Å². The lowest BCUT2D eigenvalue weighted by Crippen LogP contribution is -2.17. The molecular formula is C13H13BrN2O. The van der Waals surface area contributed by atoms with Gasteiger partial charge in [-0.1, -0.05) is 30.3 Å². The van der Waals surface area contributed by atoms with E-state index in [1.54, 1.807) is 0 Å². The molecule has 88 valence electrons. The van der Waals surface area contributed by atoms with Crippen molar-refractivity contribution in [3.05, 3.63) is 40.6 Å². The van der Waals surface area contributed by atoms with Crippen molar-refractivity contribution in [3.63, 3.8) is 0 Å². The zero-order chi connectivity index (χ0) is 11.8. The number of hydrogen-bond acceptors (Lipinski definition) is 2. The molecule has 0 saturated carbocycles. The fourth-order valence-electron chi connectivity index (χ4n) is 2.36. The molecule has 2 heterocycles. The highest BCUT2D eigenvalue weighted by atomic mass is 79.9. The lowest BCUT2D eigenvalue weighted by Gasteiger charge is -2.23. The molecule has 1 aliphatic heterocycles. The third kappa shape index (κ3) is 1.81. The minimum atomic E-state index is -0.451. The quantitative estimate of drug-likeness (QED) is 0.877.